The molecule has 2 unspecified atom stereocenters. The van der Waals surface area contributed by atoms with E-state index >= 15 is 0 Å². The third kappa shape index (κ3) is 3.82. The van der Waals surface area contributed by atoms with Gasteiger partial charge >= 0.3 is 0 Å². The van der Waals surface area contributed by atoms with E-state index in [1.54, 1.807) is 12.7 Å². The molecule has 0 bridgehead atoms. The Hall–Kier alpha value is -1.88. The maximum Gasteiger partial charge on any atom is 0.137 e. The summed E-state index contributed by atoms with van der Waals surface area (Å²) in [6.07, 6.45) is 8.44. The molecule has 1 N–H and O–H groups in total. The first-order chi connectivity index (χ1) is 10.3. The lowest BCUT2D eigenvalue weighted by Gasteiger charge is -2.29. The molecule has 112 valence electrons. The predicted molar refractivity (Wildman–Crippen MR) is 82.2 cm³/mol. The van der Waals surface area contributed by atoms with E-state index in [9.17, 15) is 0 Å². The van der Waals surface area contributed by atoms with Crippen LogP contribution in [0.2, 0.25) is 0 Å². The van der Waals surface area contributed by atoms with Crippen LogP contribution in [0.3, 0.4) is 0 Å². The lowest BCUT2D eigenvalue weighted by Crippen LogP contribution is -2.30. The molecule has 1 heterocycles. The van der Waals surface area contributed by atoms with Gasteiger partial charge in [-0.05, 0) is 43.4 Å². The highest BCUT2D eigenvalue weighted by Crippen LogP contribution is 2.24. The number of benzene rings is 1. The fraction of sp³-hybridized carbons (Fsp3) is 0.500. The van der Waals surface area contributed by atoms with Gasteiger partial charge in [-0.15, -0.1) is 0 Å². The Balaban J connectivity index is 1.56. The zero-order valence-electron chi connectivity index (χ0n) is 12.4. The van der Waals surface area contributed by atoms with E-state index < -0.39 is 0 Å². The standard InChI is InChI=1S/C16H22N4O/c1-21-16-4-2-3-15(9-16)19-14-7-5-13(6-8-14)10-20-12-17-11-18-20/h5-8,11-12,15-16,19H,2-4,9-10H2,1H3. The summed E-state index contributed by atoms with van der Waals surface area (Å²) in [5.41, 5.74) is 2.41. The van der Waals surface area contributed by atoms with E-state index in [-0.39, 0.29) is 0 Å². The number of rotatable bonds is 5. The Morgan fingerprint density at radius 3 is 2.86 bits per heavy atom. The minimum absolute atomic E-state index is 0.405. The van der Waals surface area contributed by atoms with Gasteiger partial charge in [-0.2, -0.15) is 5.10 Å². The Bertz CT molecular complexity index is 538. The quantitative estimate of drug-likeness (QED) is 0.918. The molecule has 0 aliphatic heterocycles. The molecule has 1 saturated carbocycles. The fourth-order valence-electron chi connectivity index (χ4n) is 2.93. The van der Waals surface area contributed by atoms with Crippen LogP contribution in [-0.4, -0.2) is 34.0 Å². The molecule has 1 aromatic heterocycles. The Labute approximate surface area is 125 Å². The van der Waals surface area contributed by atoms with Crippen molar-refractivity contribution in [2.45, 2.75) is 44.4 Å². The van der Waals surface area contributed by atoms with E-state index in [2.05, 4.69) is 39.7 Å². The molecule has 1 aliphatic carbocycles. The highest BCUT2D eigenvalue weighted by molar-refractivity contribution is 5.45. The summed E-state index contributed by atoms with van der Waals surface area (Å²) >= 11 is 0. The number of nitrogens with one attached hydrogen (secondary N) is 1. The van der Waals surface area contributed by atoms with Crippen molar-refractivity contribution >= 4 is 5.69 Å². The average molecular weight is 286 g/mol. The lowest BCUT2D eigenvalue weighted by molar-refractivity contribution is 0.0669. The molecule has 0 saturated heterocycles. The number of hydrogen-bond acceptors (Lipinski definition) is 4. The molecule has 1 aliphatic rings. The first kappa shape index (κ1) is 14.1. The average Bonchev–Trinajstić information content (AvgIpc) is 3.02. The SMILES string of the molecule is COC1CCCC(Nc2ccc(Cn3cncn3)cc2)C1. The monoisotopic (exact) mass is 286 g/mol. The van der Waals surface area contributed by atoms with Crippen molar-refractivity contribution in [3.8, 4) is 0 Å². The summed E-state index contributed by atoms with van der Waals surface area (Å²) in [7, 11) is 1.81. The van der Waals surface area contributed by atoms with Crippen LogP contribution < -0.4 is 5.32 Å². The molecule has 0 radical (unpaired) electrons. The summed E-state index contributed by atoms with van der Waals surface area (Å²) in [5.74, 6) is 0. The van der Waals surface area contributed by atoms with Gasteiger partial charge < -0.3 is 10.1 Å². The van der Waals surface area contributed by atoms with Crippen LogP contribution >= 0.6 is 0 Å². The molecule has 0 spiro atoms. The minimum Gasteiger partial charge on any atom is -0.382 e. The van der Waals surface area contributed by atoms with E-state index in [0.717, 1.165) is 13.0 Å². The third-order valence-corrected chi connectivity index (χ3v) is 4.10. The molecule has 21 heavy (non-hydrogen) atoms. The van der Waals surface area contributed by atoms with Crippen LogP contribution in [0.5, 0.6) is 0 Å². The minimum atomic E-state index is 0.405. The maximum absolute atomic E-state index is 5.48. The van der Waals surface area contributed by atoms with Crippen LogP contribution in [0.25, 0.3) is 0 Å². The molecule has 5 heteroatoms. The molecule has 1 fully saturated rings. The zero-order chi connectivity index (χ0) is 14.5. The molecule has 1 aromatic carbocycles. The number of anilines is 1. The summed E-state index contributed by atoms with van der Waals surface area (Å²) in [5, 5.41) is 7.74. The molecular formula is C16H22N4O. The van der Waals surface area contributed by atoms with Gasteiger partial charge in [0.1, 0.15) is 12.7 Å². The van der Waals surface area contributed by atoms with E-state index in [0.29, 0.717) is 12.1 Å². The Morgan fingerprint density at radius 1 is 1.29 bits per heavy atom. The number of ether oxygens (including phenoxy) is 1. The van der Waals surface area contributed by atoms with Crippen molar-refractivity contribution in [2.75, 3.05) is 12.4 Å². The van der Waals surface area contributed by atoms with Crippen LogP contribution in [-0.2, 0) is 11.3 Å². The number of nitrogens with zero attached hydrogens (tertiary/aromatic N) is 3. The molecule has 3 rings (SSSR count). The first-order valence-corrected chi connectivity index (χ1v) is 7.54. The van der Waals surface area contributed by atoms with Gasteiger partial charge in [-0.3, -0.25) is 0 Å². The lowest BCUT2D eigenvalue weighted by atomic mass is 9.92. The van der Waals surface area contributed by atoms with Crippen LogP contribution in [0.4, 0.5) is 5.69 Å². The van der Waals surface area contributed by atoms with Crippen molar-refractivity contribution < 1.29 is 4.74 Å². The van der Waals surface area contributed by atoms with Gasteiger partial charge in [0, 0.05) is 18.8 Å². The number of hydrogen-bond donors (Lipinski definition) is 1. The maximum atomic E-state index is 5.48. The van der Waals surface area contributed by atoms with Gasteiger partial charge in [0.2, 0.25) is 0 Å². The second kappa shape index (κ2) is 6.72. The molecular weight excluding hydrogens is 264 g/mol. The third-order valence-electron chi connectivity index (χ3n) is 4.10. The van der Waals surface area contributed by atoms with Crippen molar-refractivity contribution in [3.05, 3.63) is 42.5 Å². The van der Waals surface area contributed by atoms with Gasteiger partial charge in [0.15, 0.2) is 0 Å². The largest absolute Gasteiger partial charge is 0.382 e. The zero-order valence-corrected chi connectivity index (χ0v) is 12.4. The topological polar surface area (TPSA) is 52.0 Å². The predicted octanol–water partition coefficient (Wildman–Crippen LogP) is 2.70. The Kier molecular flexibility index (Phi) is 4.50. The summed E-state index contributed by atoms with van der Waals surface area (Å²) < 4.78 is 7.31. The van der Waals surface area contributed by atoms with Gasteiger partial charge in [-0.1, -0.05) is 12.1 Å². The van der Waals surface area contributed by atoms with E-state index in [4.69, 9.17) is 4.74 Å². The second-order valence-electron chi connectivity index (χ2n) is 5.66. The summed E-state index contributed by atoms with van der Waals surface area (Å²) in [4.78, 5) is 3.96. The van der Waals surface area contributed by atoms with Gasteiger partial charge in [0.05, 0.1) is 12.6 Å². The molecule has 5 nitrogen and oxygen atoms in total. The highest BCUT2D eigenvalue weighted by atomic mass is 16.5. The fourth-order valence-corrected chi connectivity index (χ4v) is 2.93. The van der Waals surface area contributed by atoms with Crippen molar-refractivity contribution in [3.63, 3.8) is 0 Å². The summed E-state index contributed by atoms with van der Waals surface area (Å²) in [6, 6.07) is 9.08. The van der Waals surface area contributed by atoms with Crippen LogP contribution in [0.15, 0.2) is 36.9 Å². The summed E-state index contributed by atoms with van der Waals surface area (Å²) in [6.45, 7) is 0.759. The smallest absolute Gasteiger partial charge is 0.137 e. The van der Waals surface area contributed by atoms with Gasteiger partial charge in [-0.25, -0.2) is 9.67 Å². The normalized spacial score (nSPS) is 22.1. The number of methoxy groups -OCH3 is 1. The molecule has 2 aromatic rings. The van der Waals surface area contributed by atoms with Crippen LogP contribution in [0, 0.1) is 0 Å². The first-order valence-electron chi connectivity index (χ1n) is 7.54. The van der Waals surface area contributed by atoms with Crippen LogP contribution in [0.1, 0.15) is 31.2 Å². The molecule has 2 atom stereocenters. The molecule has 0 amide bonds. The highest BCUT2D eigenvalue weighted by Gasteiger charge is 2.21. The Morgan fingerprint density at radius 2 is 2.14 bits per heavy atom. The second-order valence-corrected chi connectivity index (χ2v) is 5.66. The van der Waals surface area contributed by atoms with E-state index in [1.807, 2.05) is 11.8 Å². The van der Waals surface area contributed by atoms with Crippen molar-refractivity contribution in [1.82, 2.24) is 14.8 Å². The van der Waals surface area contributed by atoms with Crippen molar-refractivity contribution in [1.29, 1.82) is 0 Å². The van der Waals surface area contributed by atoms with Gasteiger partial charge in [0.25, 0.3) is 0 Å². The number of aromatic nitrogens is 3. The van der Waals surface area contributed by atoms with Crippen molar-refractivity contribution in [2.24, 2.45) is 0 Å². The van der Waals surface area contributed by atoms with E-state index in [1.165, 1.54) is 30.5 Å².